The molecule has 2 aromatic carbocycles. The molecule has 1 amide bonds. The van der Waals surface area contributed by atoms with Crippen LogP contribution >= 0.6 is 0 Å². The van der Waals surface area contributed by atoms with Gasteiger partial charge in [-0.25, -0.2) is 4.39 Å². The van der Waals surface area contributed by atoms with Gasteiger partial charge < -0.3 is 10.4 Å². The summed E-state index contributed by atoms with van der Waals surface area (Å²) in [6.45, 7) is 1.86. The lowest BCUT2D eigenvalue weighted by Crippen LogP contribution is -2.33. The summed E-state index contributed by atoms with van der Waals surface area (Å²) in [5.41, 5.74) is 1.88. The van der Waals surface area contributed by atoms with Crippen LogP contribution in [-0.4, -0.2) is 17.1 Å². The van der Waals surface area contributed by atoms with Crippen LogP contribution in [0.4, 0.5) is 4.39 Å². The molecule has 0 fully saturated rings. The molecule has 0 heterocycles. The van der Waals surface area contributed by atoms with E-state index in [9.17, 15) is 14.3 Å². The second-order valence-corrected chi connectivity index (χ2v) is 6.11. The lowest BCUT2D eigenvalue weighted by molar-refractivity contribution is -0.121. The van der Waals surface area contributed by atoms with Gasteiger partial charge in [-0.15, -0.1) is 0 Å². The van der Waals surface area contributed by atoms with Crippen molar-refractivity contribution in [1.82, 2.24) is 5.32 Å². The Labute approximate surface area is 142 Å². The highest BCUT2D eigenvalue weighted by Crippen LogP contribution is 2.18. The van der Waals surface area contributed by atoms with Crippen molar-refractivity contribution < 1.29 is 14.3 Å². The molecule has 2 aromatic rings. The molecule has 0 aromatic heterocycles. The van der Waals surface area contributed by atoms with Gasteiger partial charge in [0.05, 0.1) is 6.10 Å². The first-order valence-electron chi connectivity index (χ1n) is 8.31. The molecule has 0 saturated heterocycles. The van der Waals surface area contributed by atoms with Crippen molar-refractivity contribution in [2.45, 2.75) is 44.8 Å². The summed E-state index contributed by atoms with van der Waals surface area (Å²) >= 11 is 0. The number of aryl methyl sites for hydroxylation is 1. The zero-order valence-electron chi connectivity index (χ0n) is 13.9. The maximum absolute atomic E-state index is 12.9. The van der Waals surface area contributed by atoms with Crippen LogP contribution in [0.1, 0.15) is 43.4 Å². The quantitative estimate of drug-likeness (QED) is 0.774. The van der Waals surface area contributed by atoms with Crippen molar-refractivity contribution in [3.63, 3.8) is 0 Å². The standard InChI is InChI=1S/C20H24FNO2/c1-15(14-19(23)17-10-12-18(21)13-11-17)22-20(24)9-5-8-16-6-3-2-4-7-16/h2-4,6-7,10-13,15,19,23H,5,8-9,14H2,1H3,(H,22,24). The van der Waals surface area contributed by atoms with Gasteiger partial charge in [0.1, 0.15) is 5.82 Å². The van der Waals surface area contributed by atoms with Crippen LogP contribution < -0.4 is 5.32 Å². The monoisotopic (exact) mass is 329 g/mol. The first-order chi connectivity index (χ1) is 11.5. The normalized spacial score (nSPS) is 13.3. The van der Waals surface area contributed by atoms with Crippen molar-refractivity contribution in [1.29, 1.82) is 0 Å². The van der Waals surface area contributed by atoms with E-state index in [2.05, 4.69) is 17.4 Å². The number of halogens is 1. The highest BCUT2D eigenvalue weighted by Gasteiger charge is 2.14. The molecule has 2 rings (SSSR count). The lowest BCUT2D eigenvalue weighted by Gasteiger charge is -2.18. The van der Waals surface area contributed by atoms with Gasteiger partial charge in [-0.2, -0.15) is 0 Å². The minimum absolute atomic E-state index is 0.00950. The number of hydrogen-bond donors (Lipinski definition) is 2. The van der Waals surface area contributed by atoms with Gasteiger partial charge in [-0.1, -0.05) is 42.5 Å². The number of rotatable bonds is 8. The van der Waals surface area contributed by atoms with Crippen molar-refractivity contribution in [2.24, 2.45) is 0 Å². The van der Waals surface area contributed by atoms with E-state index >= 15 is 0 Å². The number of hydrogen-bond acceptors (Lipinski definition) is 2. The largest absolute Gasteiger partial charge is 0.388 e. The van der Waals surface area contributed by atoms with Crippen LogP contribution in [0, 0.1) is 5.82 Å². The Morgan fingerprint density at radius 3 is 2.46 bits per heavy atom. The van der Waals surface area contributed by atoms with Crippen molar-refractivity contribution in [2.75, 3.05) is 0 Å². The fourth-order valence-electron chi connectivity index (χ4n) is 2.66. The lowest BCUT2D eigenvalue weighted by atomic mass is 10.0. The summed E-state index contributed by atoms with van der Waals surface area (Å²) in [7, 11) is 0. The summed E-state index contributed by atoms with van der Waals surface area (Å²) in [4.78, 5) is 12.0. The zero-order chi connectivity index (χ0) is 17.4. The van der Waals surface area contributed by atoms with E-state index in [1.807, 2.05) is 25.1 Å². The molecular formula is C20H24FNO2. The smallest absolute Gasteiger partial charge is 0.220 e. The number of carbonyl (C=O) groups is 1. The van der Waals surface area contributed by atoms with E-state index in [1.54, 1.807) is 12.1 Å². The molecule has 0 spiro atoms. The highest BCUT2D eigenvalue weighted by molar-refractivity contribution is 5.76. The number of amides is 1. The molecule has 0 saturated carbocycles. The molecule has 0 bridgehead atoms. The molecule has 0 aliphatic rings. The summed E-state index contributed by atoms with van der Waals surface area (Å²) in [6.07, 6.45) is 1.82. The summed E-state index contributed by atoms with van der Waals surface area (Å²) in [6, 6.07) is 15.7. The summed E-state index contributed by atoms with van der Waals surface area (Å²) in [5.74, 6) is -0.338. The van der Waals surface area contributed by atoms with E-state index in [0.717, 1.165) is 12.8 Å². The SMILES string of the molecule is CC(CC(O)c1ccc(F)cc1)NC(=O)CCCc1ccccc1. The third kappa shape index (κ3) is 6.13. The molecule has 0 aliphatic carbocycles. The predicted octanol–water partition coefficient (Wildman–Crippen LogP) is 3.78. The second-order valence-electron chi connectivity index (χ2n) is 6.11. The van der Waals surface area contributed by atoms with Gasteiger partial charge in [0.25, 0.3) is 0 Å². The topological polar surface area (TPSA) is 49.3 Å². The Kier molecular flexibility index (Phi) is 6.94. The second kappa shape index (κ2) is 9.18. The van der Waals surface area contributed by atoms with Crippen molar-refractivity contribution in [3.8, 4) is 0 Å². The Morgan fingerprint density at radius 2 is 1.79 bits per heavy atom. The predicted molar refractivity (Wildman–Crippen MR) is 93.0 cm³/mol. The fourth-order valence-corrected chi connectivity index (χ4v) is 2.66. The van der Waals surface area contributed by atoms with Crippen LogP contribution in [0.25, 0.3) is 0 Å². The Bertz CT molecular complexity index is 628. The van der Waals surface area contributed by atoms with Gasteiger partial charge in [-0.3, -0.25) is 4.79 Å². The average Bonchev–Trinajstić information content (AvgIpc) is 2.56. The van der Waals surface area contributed by atoms with E-state index in [1.165, 1.54) is 17.7 Å². The molecule has 3 nitrogen and oxygen atoms in total. The van der Waals surface area contributed by atoms with Crippen LogP contribution in [0.5, 0.6) is 0 Å². The average molecular weight is 329 g/mol. The van der Waals surface area contributed by atoms with E-state index in [-0.39, 0.29) is 17.8 Å². The van der Waals surface area contributed by atoms with Gasteiger partial charge in [0, 0.05) is 12.5 Å². The highest BCUT2D eigenvalue weighted by atomic mass is 19.1. The third-order valence-electron chi connectivity index (χ3n) is 3.95. The first kappa shape index (κ1) is 18.1. The van der Waals surface area contributed by atoms with Gasteiger partial charge in [0.2, 0.25) is 5.91 Å². The molecule has 0 aliphatic heterocycles. The maximum atomic E-state index is 12.9. The van der Waals surface area contributed by atoms with Crippen LogP contribution in [0.3, 0.4) is 0 Å². The number of aliphatic hydroxyl groups is 1. The third-order valence-corrected chi connectivity index (χ3v) is 3.95. The Hall–Kier alpha value is -2.20. The Balaban J connectivity index is 1.70. The minimum atomic E-state index is -0.717. The molecule has 4 heteroatoms. The van der Waals surface area contributed by atoms with E-state index < -0.39 is 6.10 Å². The molecule has 0 radical (unpaired) electrons. The zero-order valence-corrected chi connectivity index (χ0v) is 13.9. The molecule has 2 N–H and O–H groups in total. The van der Waals surface area contributed by atoms with E-state index in [4.69, 9.17) is 0 Å². The van der Waals surface area contributed by atoms with E-state index in [0.29, 0.717) is 18.4 Å². The molecule has 2 atom stereocenters. The van der Waals surface area contributed by atoms with Crippen molar-refractivity contribution in [3.05, 3.63) is 71.5 Å². The summed E-state index contributed by atoms with van der Waals surface area (Å²) < 4.78 is 12.9. The number of nitrogens with one attached hydrogen (secondary N) is 1. The van der Waals surface area contributed by atoms with Gasteiger partial charge in [0.15, 0.2) is 0 Å². The molecule has 24 heavy (non-hydrogen) atoms. The number of carbonyl (C=O) groups excluding carboxylic acids is 1. The van der Waals surface area contributed by atoms with Crippen molar-refractivity contribution >= 4 is 5.91 Å². The molecule has 2 unspecified atom stereocenters. The van der Waals surface area contributed by atoms with Crippen LogP contribution in [0.15, 0.2) is 54.6 Å². The molecule has 128 valence electrons. The van der Waals surface area contributed by atoms with Gasteiger partial charge >= 0.3 is 0 Å². The molecular weight excluding hydrogens is 305 g/mol. The summed E-state index contributed by atoms with van der Waals surface area (Å²) in [5, 5.41) is 13.1. The fraction of sp³-hybridized carbons (Fsp3) is 0.350. The Morgan fingerprint density at radius 1 is 1.12 bits per heavy atom. The maximum Gasteiger partial charge on any atom is 0.220 e. The number of benzene rings is 2. The van der Waals surface area contributed by atoms with Crippen LogP contribution in [0.2, 0.25) is 0 Å². The van der Waals surface area contributed by atoms with Crippen LogP contribution in [-0.2, 0) is 11.2 Å². The number of aliphatic hydroxyl groups excluding tert-OH is 1. The first-order valence-corrected chi connectivity index (χ1v) is 8.31. The minimum Gasteiger partial charge on any atom is -0.388 e. The van der Waals surface area contributed by atoms with Gasteiger partial charge in [-0.05, 0) is 49.4 Å².